The predicted octanol–water partition coefficient (Wildman–Crippen LogP) is 10.2. The van der Waals surface area contributed by atoms with E-state index in [1.807, 2.05) is 36.7 Å². The zero-order chi connectivity index (χ0) is 33.9. The van der Waals surface area contributed by atoms with Gasteiger partial charge in [-0.1, -0.05) is 101 Å². The summed E-state index contributed by atoms with van der Waals surface area (Å²) in [6.45, 7) is 13.9. The van der Waals surface area contributed by atoms with E-state index in [1.54, 1.807) is 0 Å². The van der Waals surface area contributed by atoms with Crippen LogP contribution < -0.4 is 4.74 Å². The van der Waals surface area contributed by atoms with Crippen molar-refractivity contribution in [2.45, 2.75) is 78.7 Å². The van der Waals surface area contributed by atoms with Crippen molar-refractivity contribution in [1.82, 2.24) is 14.5 Å². The zero-order valence-electron chi connectivity index (χ0n) is 29.5. The van der Waals surface area contributed by atoms with Crippen LogP contribution in [0.15, 0.2) is 78.0 Å². The maximum absolute atomic E-state index is 6.77. The number of pyridine rings is 2. The van der Waals surface area contributed by atoms with Crippen LogP contribution in [0.4, 0.5) is 0 Å². The van der Waals surface area contributed by atoms with Gasteiger partial charge in [0.1, 0.15) is 11.5 Å². The van der Waals surface area contributed by atoms with Crippen molar-refractivity contribution < 1.29 is 30.5 Å². The fraction of sp³-hybridized carbons (Fsp3) is 0.326. The molecule has 0 unspecified atom stereocenters. The van der Waals surface area contributed by atoms with Crippen molar-refractivity contribution in [3.63, 3.8) is 0 Å². The van der Waals surface area contributed by atoms with Gasteiger partial charge in [0.2, 0.25) is 0 Å². The van der Waals surface area contributed by atoms with Gasteiger partial charge in [-0.2, -0.15) is 6.07 Å². The van der Waals surface area contributed by atoms with Gasteiger partial charge in [-0.3, -0.25) is 9.98 Å². The van der Waals surface area contributed by atoms with E-state index in [0.717, 1.165) is 70.4 Å². The van der Waals surface area contributed by atoms with Crippen molar-refractivity contribution in [2.24, 2.45) is 10.9 Å². The average molecular weight is 842 g/mol. The standard InChI is InChI=1S/C43H42N4O2.Pt/c1-7-12-28(13-8-2)37-25-48-42(46-37)30-20-29(36-16-9-10-17-44-36)21-31(22-30)49-39-23-38-35(19-27(39)4)43(5,6)34-15-11-14-32-33-18-26(3)24-45-41(33)47(38)40(32)34;/h9-11,14-21,24,28,37H,7-8,12-13,25H2,1-6H3;/q-2;+2/t37-;/m0./s1. The molecule has 3 aromatic carbocycles. The Hall–Kier alpha value is -4.28. The van der Waals surface area contributed by atoms with Gasteiger partial charge in [0.15, 0.2) is 0 Å². The Kier molecular flexibility index (Phi) is 9.19. The number of nitrogens with zero attached hydrogens (tertiary/aromatic N) is 4. The number of hydrogen-bond donors (Lipinski definition) is 0. The molecule has 0 radical (unpaired) electrons. The summed E-state index contributed by atoms with van der Waals surface area (Å²) >= 11 is 0. The van der Waals surface area contributed by atoms with Crippen molar-refractivity contribution in [1.29, 1.82) is 0 Å². The van der Waals surface area contributed by atoms with Gasteiger partial charge >= 0.3 is 21.1 Å². The molecule has 2 aliphatic heterocycles. The molecule has 0 N–H and O–H groups in total. The number of fused-ring (bicyclic) bond motifs is 5. The van der Waals surface area contributed by atoms with E-state index in [-0.39, 0.29) is 32.5 Å². The molecule has 0 fully saturated rings. The minimum Gasteiger partial charge on any atom is -0.518 e. The minimum absolute atomic E-state index is 0. The van der Waals surface area contributed by atoms with Gasteiger partial charge in [0, 0.05) is 34.7 Å². The number of ether oxygens (including phenoxy) is 2. The second-order valence-electron chi connectivity index (χ2n) is 14.2. The van der Waals surface area contributed by atoms with E-state index in [9.17, 15) is 0 Å². The number of rotatable bonds is 9. The molecule has 1 atom stereocenters. The molecule has 0 amide bonds. The Labute approximate surface area is 309 Å². The zero-order valence-corrected chi connectivity index (χ0v) is 31.8. The second-order valence-corrected chi connectivity index (χ2v) is 14.2. The van der Waals surface area contributed by atoms with Gasteiger partial charge < -0.3 is 14.0 Å². The maximum atomic E-state index is 6.77. The third kappa shape index (κ3) is 5.76. The minimum atomic E-state index is -0.242. The van der Waals surface area contributed by atoms with Crippen LogP contribution in [0.1, 0.15) is 81.2 Å². The normalized spacial score (nSPS) is 15.9. The molecule has 5 heterocycles. The Balaban J connectivity index is 0.00000392. The molecule has 0 bridgehead atoms. The molecule has 50 heavy (non-hydrogen) atoms. The van der Waals surface area contributed by atoms with Crippen LogP contribution >= 0.6 is 0 Å². The van der Waals surface area contributed by atoms with E-state index in [4.69, 9.17) is 19.5 Å². The molecular weight excluding hydrogens is 800 g/mol. The molecule has 0 saturated carbocycles. The third-order valence-corrected chi connectivity index (χ3v) is 10.3. The smallest absolute Gasteiger partial charge is 0.518 e. The Morgan fingerprint density at radius 3 is 2.52 bits per heavy atom. The molecule has 0 aliphatic carbocycles. The molecule has 256 valence electrons. The first-order chi connectivity index (χ1) is 23.8. The fourth-order valence-electron chi connectivity index (χ4n) is 7.85. The van der Waals surface area contributed by atoms with Gasteiger partial charge in [0.25, 0.3) is 0 Å². The summed E-state index contributed by atoms with van der Waals surface area (Å²) < 4.78 is 15.3. The first kappa shape index (κ1) is 34.2. The molecule has 6 aromatic rings. The van der Waals surface area contributed by atoms with Crippen molar-refractivity contribution in [3.8, 4) is 28.4 Å². The molecule has 3 aromatic heterocycles. The summed E-state index contributed by atoms with van der Waals surface area (Å²) in [4.78, 5) is 14.7. The summed E-state index contributed by atoms with van der Waals surface area (Å²) in [5.41, 5.74) is 9.98. The van der Waals surface area contributed by atoms with Crippen molar-refractivity contribution in [2.75, 3.05) is 6.61 Å². The van der Waals surface area contributed by atoms with Crippen LogP contribution in [0.25, 0.3) is 38.9 Å². The van der Waals surface area contributed by atoms with Crippen LogP contribution in [0, 0.1) is 31.9 Å². The van der Waals surface area contributed by atoms with Gasteiger partial charge in [0.05, 0.1) is 23.9 Å². The molecule has 7 heteroatoms. The van der Waals surface area contributed by atoms with E-state index < -0.39 is 0 Å². The third-order valence-electron chi connectivity index (χ3n) is 10.3. The summed E-state index contributed by atoms with van der Waals surface area (Å²) in [7, 11) is 0. The molecule has 6 nitrogen and oxygen atoms in total. The largest absolute Gasteiger partial charge is 2.00 e. The Morgan fingerprint density at radius 2 is 1.76 bits per heavy atom. The summed E-state index contributed by atoms with van der Waals surface area (Å²) in [5.74, 6) is 2.35. The number of aryl methyl sites for hydroxylation is 2. The summed E-state index contributed by atoms with van der Waals surface area (Å²) in [6.07, 6.45) is 8.34. The van der Waals surface area contributed by atoms with Gasteiger partial charge in [-0.15, -0.1) is 23.3 Å². The molecule has 2 aliphatic rings. The number of para-hydroxylation sites is 1. The van der Waals surface area contributed by atoms with E-state index in [0.29, 0.717) is 29.9 Å². The Bertz CT molecular complexity index is 2250. The van der Waals surface area contributed by atoms with Crippen LogP contribution in [-0.4, -0.2) is 33.1 Å². The SMILES string of the molecule is CCCC(CCC)[C@@H]1COC(c2[c-]c(Oc3[c-]c4c(cc3C)C(C)(C)c3cccc5c6cc(C)cnc6n-4c35)cc(-c3ccccn3)c2)=N1.[Pt+2]. The average Bonchev–Trinajstić information content (AvgIpc) is 3.72. The van der Waals surface area contributed by atoms with Crippen molar-refractivity contribution >= 4 is 27.8 Å². The predicted molar refractivity (Wildman–Crippen MR) is 197 cm³/mol. The first-order valence-electron chi connectivity index (χ1n) is 17.6. The van der Waals surface area contributed by atoms with Crippen LogP contribution in [-0.2, 0) is 31.2 Å². The van der Waals surface area contributed by atoms with E-state index in [1.165, 1.54) is 22.0 Å². The molecule has 8 rings (SSSR count). The van der Waals surface area contributed by atoms with Gasteiger partial charge in [-0.05, 0) is 60.4 Å². The monoisotopic (exact) mass is 841 g/mol. The number of aliphatic imine (C=N–C) groups is 1. The first-order valence-corrected chi connectivity index (χ1v) is 17.6. The Morgan fingerprint density at radius 1 is 0.940 bits per heavy atom. The molecule has 0 spiro atoms. The number of hydrogen-bond acceptors (Lipinski definition) is 5. The number of aromatic nitrogens is 3. The van der Waals surface area contributed by atoms with Crippen LogP contribution in [0.2, 0.25) is 0 Å². The molecule has 0 saturated heterocycles. The van der Waals surface area contributed by atoms with E-state index in [2.05, 4.69) is 99.6 Å². The van der Waals surface area contributed by atoms with Gasteiger partial charge in [-0.25, -0.2) is 4.98 Å². The molecular formula is C43H42N4O2Pt. The van der Waals surface area contributed by atoms with Crippen LogP contribution in [0.3, 0.4) is 0 Å². The van der Waals surface area contributed by atoms with Crippen LogP contribution in [0.5, 0.6) is 11.5 Å². The summed E-state index contributed by atoms with van der Waals surface area (Å²) in [5, 5.41) is 2.35. The number of benzene rings is 3. The van der Waals surface area contributed by atoms with E-state index >= 15 is 0 Å². The quantitative estimate of drug-likeness (QED) is 0.136. The topological polar surface area (TPSA) is 61.5 Å². The fourth-order valence-corrected chi connectivity index (χ4v) is 7.85. The second kappa shape index (κ2) is 13.4. The summed E-state index contributed by atoms with van der Waals surface area (Å²) in [6, 6.07) is 28.5. The maximum Gasteiger partial charge on any atom is 2.00 e. The van der Waals surface area contributed by atoms with Crippen molar-refractivity contribution in [3.05, 3.63) is 113 Å².